The Bertz CT molecular complexity index is 537. The number of hydrogen-bond donors (Lipinski definition) is 2. The molecule has 2 N–H and O–H groups in total. The highest BCUT2D eigenvalue weighted by atomic mass is 16.4. The topological polar surface area (TPSA) is 93.4 Å². The van der Waals surface area contributed by atoms with Crippen LogP contribution in [-0.2, 0) is 4.79 Å². The van der Waals surface area contributed by atoms with Crippen LogP contribution in [0.4, 0.5) is 10.5 Å². The SMILES string of the molecule is CCC(CNC(=O)N(C)c1cccc(C#N)c1)C(=O)O. The van der Waals surface area contributed by atoms with E-state index in [0.29, 0.717) is 17.7 Å². The molecule has 2 amide bonds. The van der Waals surface area contributed by atoms with Gasteiger partial charge >= 0.3 is 12.0 Å². The molecule has 0 aliphatic rings. The maximum atomic E-state index is 11.9. The van der Waals surface area contributed by atoms with Crippen LogP contribution in [0.5, 0.6) is 0 Å². The standard InChI is InChI=1S/C14H17N3O3/c1-3-11(13(18)19)9-16-14(20)17(2)12-6-4-5-10(7-12)8-15/h4-7,11H,3,9H2,1-2H3,(H,16,20)(H,18,19). The molecule has 0 radical (unpaired) electrons. The van der Waals surface area contributed by atoms with E-state index in [-0.39, 0.29) is 6.54 Å². The lowest BCUT2D eigenvalue weighted by atomic mass is 10.1. The molecule has 1 aromatic carbocycles. The van der Waals surface area contributed by atoms with E-state index in [9.17, 15) is 9.59 Å². The number of carboxylic acids is 1. The number of nitrogens with one attached hydrogen (secondary N) is 1. The maximum Gasteiger partial charge on any atom is 0.321 e. The maximum absolute atomic E-state index is 11.9. The van der Waals surface area contributed by atoms with Crippen LogP contribution in [-0.4, -0.2) is 30.7 Å². The third-order valence-electron chi connectivity index (χ3n) is 3.01. The number of amides is 2. The number of aliphatic carboxylic acids is 1. The fourth-order valence-electron chi connectivity index (χ4n) is 1.64. The third kappa shape index (κ3) is 3.99. The molecule has 1 atom stereocenters. The predicted molar refractivity (Wildman–Crippen MR) is 74.4 cm³/mol. The normalized spacial score (nSPS) is 11.2. The molecule has 0 saturated carbocycles. The van der Waals surface area contributed by atoms with Crippen LogP contribution in [0, 0.1) is 17.2 Å². The smallest absolute Gasteiger partial charge is 0.321 e. The van der Waals surface area contributed by atoms with Gasteiger partial charge in [0.1, 0.15) is 0 Å². The summed E-state index contributed by atoms with van der Waals surface area (Å²) in [4.78, 5) is 24.1. The fourth-order valence-corrected chi connectivity index (χ4v) is 1.64. The summed E-state index contributed by atoms with van der Waals surface area (Å²) >= 11 is 0. The molecule has 1 rings (SSSR count). The van der Waals surface area contributed by atoms with Crippen molar-refractivity contribution in [2.75, 3.05) is 18.5 Å². The van der Waals surface area contributed by atoms with Crippen molar-refractivity contribution in [2.24, 2.45) is 5.92 Å². The van der Waals surface area contributed by atoms with Gasteiger partial charge in [0.15, 0.2) is 0 Å². The van der Waals surface area contributed by atoms with Crippen LogP contribution < -0.4 is 10.2 Å². The van der Waals surface area contributed by atoms with Crippen LogP contribution in [0.2, 0.25) is 0 Å². The van der Waals surface area contributed by atoms with Crippen molar-refractivity contribution in [3.63, 3.8) is 0 Å². The quantitative estimate of drug-likeness (QED) is 0.857. The highest BCUT2D eigenvalue weighted by Gasteiger charge is 2.18. The van der Waals surface area contributed by atoms with Crippen molar-refractivity contribution in [3.05, 3.63) is 29.8 Å². The van der Waals surface area contributed by atoms with Gasteiger partial charge in [0.25, 0.3) is 0 Å². The van der Waals surface area contributed by atoms with E-state index in [4.69, 9.17) is 10.4 Å². The first kappa shape index (κ1) is 15.5. The number of urea groups is 1. The highest BCUT2D eigenvalue weighted by Crippen LogP contribution is 2.14. The minimum absolute atomic E-state index is 0.0763. The number of hydrogen-bond acceptors (Lipinski definition) is 3. The number of carbonyl (C=O) groups is 2. The Morgan fingerprint density at radius 1 is 1.50 bits per heavy atom. The van der Waals surface area contributed by atoms with Gasteiger partial charge in [0.05, 0.1) is 17.6 Å². The van der Waals surface area contributed by atoms with E-state index >= 15 is 0 Å². The van der Waals surface area contributed by atoms with Gasteiger partial charge in [-0.2, -0.15) is 5.26 Å². The minimum Gasteiger partial charge on any atom is -0.481 e. The Morgan fingerprint density at radius 3 is 2.75 bits per heavy atom. The first-order chi connectivity index (χ1) is 9.49. The number of rotatable bonds is 5. The summed E-state index contributed by atoms with van der Waals surface area (Å²) < 4.78 is 0. The summed E-state index contributed by atoms with van der Waals surface area (Å²) in [6.45, 7) is 1.83. The van der Waals surface area contributed by atoms with Crippen LogP contribution in [0.15, 0.2) is 24.3 Å². The van der Waals surface area contributed by atoms with Gasteiger partial charge in [-0.1, -0.05) is 13.0 Å². The predicted octanol–water partition coefficient (Wildman–Crippen LogP) is 1.81. The zero-order valence-electron chi connectivity index (χ0n) is 11.5. The molecule has 0 saturated heterocycles. The number of benzene rings is 1. The molecule has 0 aliphatic heterocycles. The van der Waals surface area contributed by atoms with Gasteiger partial charge in [-0.3, -0.25) is 9.69 Å². The van der Waals surface area contributed by atoms with Crippen LogP contribution in [0.25, 0.3) is 0 Å². The number of anilines is 1. The molecule has 0 spiro atoms. The number of carbonyl (C=O) groups excluding carboxylic acids is 1. The van der Waals surface area contributed by atoms with Crippen molar-refractivity contribution in [1.82, 2.24) is 5.32 Å². The molecule has 1 unspecified atom stereocenters. The lowest BCUT2D eigenvalue weighted by Gasteiger charge is -2.19. The summed E-state index contributed by atoms with van der Waals surface area (Å²) in [6, 6.07) is 8.22. The van der Waals surface area contributed by atoms with Crippen molar-refractivity contribution in [2.45, 2.75) is 13.3 Å². The van der Waals surface area contributed by atoms with Gasteiger partial charge in [-0.15, -0.1) is 0 Å². The third-order valence-corrected chi connectivity index (χ3v) is 3.01. The number of carboxylic acid groups (broad SMARTS) is 1. The average Bonchev–Trinajstić information content (AvgIpc) is 2.46. The summed E-state index contributed by atoms with van der Waals surface area (Å²) in [6.07, 6.45) is 0.448. The molecule has 0 heterocycles. The van der Waals surface area contributed by atoms with Crippen molar-refractivity contribution in [1.29, 1.82) is 5.26 Å². The molecule has 6 nitrogen and oxygen atoms in total. The summed E-state index contributed by atoms with van der Waals surface area (Å²) in [5.41, 5.74) is 1.03. The highest BCUT2D eigenvalue weighted by molar-refractivity contribution is 5.91. The lowest BCUT2D eigenvalue weighted by Crippen LogP contribution is -2.41. The summed E-state index contributed by atoms with van der Waals surface area (Å²) in [5, 5.41) is 20.3. The van der Waals surface area contributed by atoms with Crippen LogP contribution in [0.1, 0.15) is 18.9 Å². The summed E-state index contributed by atoms with van der Waals surface area (Å²) in [5.74, 6) is -1.53. The van der Waals surface area contributed by atoms with Crippen molar-refractivity contribution < 1.29 is 14.7 Å². The first-order valence-electron chi connectivity index (χ1n) is 6.24. The van der Waals surface area contributed by atoms with E-state index < -0.39 is 17.9 Å². The molecule has 0 aliphatic carbocycles. The average molecular weight is 275 g/mol. The van der Waals surface area contributed by atoms with Crippen LogP contribution >= 0.6 is 0 Å². The number of nitrogens with zero attached hydrogens (tertiary/aromatic N) is 2. The van der Waals surface area contributed by atoms with Gasteiger partial charge in [0.2, 0.25) is 0 Å². The van der Waals surface area contributed by atoms with Gasteiger partial charge in [-0.25, -0.2) is 4.79 Å². The lowest BCUT2D eigenvalue weighted by molar-refractivity contribution is -0.141. The zero-order chi connectivity index (χ0) is 15.1. The molecule has 0 fully saturated rings. The second kappa shape index (κ2) is 7.14. The second-order valence-corrected chi connectivity index (χ2v) is 4.35. The Morgan fingerprint density at radius 2 is 2.20 bits per heavy atom. The Labute approximate surface area is 117 Å². The Balaban J connectivity index is 2.67. The molecular weight excluding hydrogens is 258 g/mol. The van der Waals surface area contributed by atoms with Crippen molar-refractivity contribution in [3.8, 4) is 6.07 Å². The minimum atomic E-state index is -0.929. The second-order valence-electron chi connectivity index (χ2n) is 4.35. The van der Waals surface area contributed by atoms with E-state index in [0.717, 1.165) is 0 Å². The molecule has 20 heavy (non-hydrogen) atoms. The van der Waals surface area contributed by atoms with Crippen molar-refractivity contribution >= 4 is 17.7 Å². The fraction of sp³-hybridized carbons (Fsp3) is 0.357. The van der Waals surface area contributed by atoms with Gasteiger partial charge in [0, 0.05) is 19.3 Å². The molecular formula is C14H17N3O3. The number of nitriles is 1. The zero-order valence-corrected chi connectivity index (χ0v) is 11.5. The van der Waals surface area contributed by atoms with E-state index in [1.807, 2.05) is 6.07 Å². The monoisotopic (exact) mass is 275 g/mol. The molecule has 0 bridgehead atoms. The van der Waals surface area contributed by atoms with E-state index in [1.165, 1.54) is 4.90 Å². The van der Waals surface area contributed by atoms with Gasteiger partial charge in [-0.05, 0) is 24.6 Å². The molecule has 1 aromatic rings. The first-order valence-corrected chi connectivity index (χ1v) is 6.24. The largest absolute Gasteiger partial charge is 0.481 e. The Hall–Kier alpha value is -2.55. The molecule has 0 aromatic heterocycles. The Kier molecular flexibility index (Phi) is 5.54. The van der Waals surface area contributed by atoms with E-state index in [1.54, 1.807) is 38.2 Å². The van der Waals surface area contributed by atoms with Gasteiger partial charge < -0.3 is 10.4 Å². The van der Waals surface area contributed by atoms with Crippen LogP contribution in [0.3, 0.4) is 0 Å². The molecule has 6 heteroatoms. The summed E-state index contributed by atoms with van der Waals surface area (Å²) in [7, 11) is 1.56. The van der Waals surface area contributed by atoms with E-state index in [2.05, 4.69) is 5.32 Å². The molecule has 106 valence electrons.